The zero-order valence-corrected chi connectivity index (χ0v) is 16.9. The van der Waals surface area contributed by atoms with E-state index in [1.807, 2.05) is 24.4 Å². The third-order valence-corrected chi connectivity index (χ3v) is 6.32. The summed E-state index contributed by atoms with van der Waals surface area (Å²) in [6.45, 7) is 4.25. The zero-order valence-electron chi connectivity index (χ0n) is 13.8. The molecule has 0 bridgehead atoms. The summed E-state index contributed by atoms with van der Waals surface area (Å²) in [6.07, 6.45) is 1.85. The number of halogens is 2. The minimum Gasteiger partial charge on any atom is -0.496 e. The first-order valence-electron chi connectivity index (χ1n) is 7.71. The maximum atomic E-state index is 6.48. The quantitative estimate of drug-likeness (QED) is 0.360. The van der Waals surface area contributed by atoms with Crippen molar-refractivity contribution in [3.05, 3.63) is 38.9 Å². The van der Waals surface area contributed by atoms with E-state index in [4.69, 9.17) is 25.7 Å². The molecule has 3 aromatic heterocycles. The molecule has 0 saturated heterocycles. The summed E-state index contributed by atoms with van der Waals surface area (Å²) in [7, 11) is 1.63. The van der Waals surface area contributed by atoms with Gasteiger partial charge in [-0.15, -0.1) is 11.3 Å². The Morgan fingerprint density at radius 1 is 1.32 bits per heavy atom. The van der Waals surface area contributed by atoms with Gasteiger partial charge in [-0.3, -0.25) is 0 Å². The van der Waals surface area contributed by atoms with E-state index in [2.05, 4.69) is 34.8 Å². The summed E-state index contributed by atoms with van der Waals surface area (Å²) in [5.74, 6) is 1.10. The van der Waals surface area contributed by atoms with E-state index in [1.54, 1.807) is 18.4 Å². The molecule has 0 N–H and O–H groups in total. The first kappa shape index (κ1) is 16.8. The molecule has 0 atom stereocenters. The highest BCUT2D eigenvalue weighted by atomic mass is 79.9. The van der Waals surface area contributed by atoms with Gasteiger partial charge in [0.1, 0.15) is 16.8 Å². The average molecular weight is 438 g/mol. The van der Waals surface area contributed by atoms with Gasteiger partial charge in [-0.2, -0.15) is 0 Å². The number of hydrogen-bond donors (Lipinski definition) is 0. The van der Waals surface area contributed by atoms with Crippen molar-refractivity contribution >= 4 is 60.9 Å². The number of fused-ring (bicyclic) bond motifs is 3. The first-order chi connectivity index (χ1) is 12.0. The Kier molecular flexibility index (Phi) is 4.22. The van der Waals surface area contributed by atoms with Crippen LogP contribution in [0.25, 0.3) is 32.6 Å². The van der Waals surface area contributed by atoms with Crippen molar-refractivity contribution in [3.63, 3.8) is 0 Å². The molecule has 0 saturated carbocycles. The van der Waals surface area contributed by atoms with Crippen LogP contribution >= 0.6 is 38.9 Å². The van der Waals surface area contributed by atoms with E-state index in [-0.39, 0.29) is 0 Å². The molecule has 0 aliphatic rings. The van der Waals surface area contributed by atoms with E-state index in [0.717, 1.165) is 31.2 Å². The molecule has 1 aromatic carbocycles. The van der Waals surface area contributed by atoms with Crippen molar-refractivity contribution in [3.8, 4) is 16.3 Å². The van der Waals surface area contributed by atoms with Crippen LogP contribution in [0.5, 0.6) is 5.75 Å². The van der Waals surface area contributed by atoms with Crippen molar-refractivity contribution in [2.75, 3.05) is 7.11 Å². The van der Waals surface area contributed by atoms with Gasteiger partial charge in [0, 0.05) is 12.1 Å². The number of furan rings is 1. The Morgan fingerprint density at radius 2 is 2.12 bits per heavy atom. The fraction of sp³-hybridized carbons (Fsp3) is 0.222. The van der Waals surface area contributed by atoms with Crippen molar-refractivity contribution in [2.24, 2.45) is 0 Å². The summed E-state index contributed by atoms with van der Waals surface area (Å²) in [6, 6.07) is 5.54. The lowest BCUT2D eigenvalue weighted by Crippen LogP contribution is -1.86. The molecule has 0 aliphatic carbocycles. The highest BCUT2D eigenvalue weighted by Crippen LogP contribution is 2.42. The molecule has 0 amide bonds. The maximum absolute atomic E-state index is 6.48. The Labute approximate surface area is 161 Å². The Bertz CT molecular complexity index is 1100. The molecular formula is C18H14BrClN2O2S. The molecule has 0 radical (unpaired) electrons. The SMILES string of the molecule is COc1ccc2oc3c(Cl)cc(-c4cnc(C(C)C)s4)nc3c2c1Br. The number of thiazole rings is 1. The van der Waals surface area contributed by atoms with Crippen molar-refractivity contribution in [1.29, 1.82) is 0 Å². The van der Waals surface area contributed by atoms with Crippen LogP contribution in [-0.2, 0) is 0 Å². The molecular weight excluding hydrogens is 424 g/mol. The van der Waals surface area contributed by atoms with Gasteiger partial charge in [-0.1, -0.05) is 25.4 Å². The van der Waals surface area contributed by atoms with E-state index >= 15 is 0 Å². The van der Waals surface area contributed by atoms with Crippen LogP contribution in [0.3, 0.4) is 0 Å². The van der Waals surface area contributed by atoms with Gasteiger partial charge in [0.05, 0.1) is 37.6 Å². The van der Waals surface area contributed by atoms with E-state index in [9.17, 15) is 0 Å². The second kappa shape index (κ2) is 6.27. The number of ether oxygens (including phenoxy) is 1. The molecule has 7 heteroatoms. The topological polar surface area (TPSA) is 48.2 Å². The number of methoxy groups -OCH3 is 1. The van der Waals surface area contributed by atoms with Crippen LogP contribution in [0.2, 0.25) is 5.02 Å². The number of benzene rings is 1. The number of nitrogens with zero attached hydrogens (tertiary/aromatic N) is 2. The smallest absolute Gasteiger partial charge is 0.172 e. The Balaban J connectivity index is 2.00. The predicted molar refractivity (Wildman–Crippen MR) is 106 cm³/mol. The minimum absolute atomic E-state index is 0.381. The van der Waals surface area contributed by atoms with Crippen molar-refractivity contribution in [2.45, 2.75) is 19.8 Å². The fourth-order valence-corrected chi connectivity index (χ4v) is 4.47. The lowest BCUT2D eigenvalue weighted by Gasteiger charge is -2.03. The molecule has 0 spiro atoms. The molecule has 4 aromatic rings. The van der Waals surface area contributed by atoms with Crippen LogP contribution in [0, 0.1) is 0 Å². The molecule has 0 unspecified atom stereocenters. The summed E-state index contributed by atoms with van der Waals surface area (Å²) in [5, 5.41) is 2.46. The van der Waals surface area contributed by atoms with Crippen LogP contribution in [0.4, 0.5) is 0 Å². The highest BCUT2D eigenvalue weighted by molar-refractivity contribution is 9.10. The molecule has 0 aliphatic heterocycles. The van der Waals surface area contributed by atoms with Gasteiger partial charge in [0.2, 0.25) is 0 Å². The molecule has 4 rings (SSSR count). The second-order valence-electron chi connectivity index (χ2n) is 5.94. The Hall–Kier alpha value is -1.63. The van der Waals surface area contributed by atoms with Gasteiger partial charge in [0.25, 0.3) is 0 Å². The average Bonchev–Trinajstić information content (AvgIpc) is 3.20. The van der Waals surface area contributed by atoms with Gasteiger partial charge in [-0.05, 0) is 34.1 Å². The zero-order chi connectivity index (χ0) is 17.7. The van der Waals surface area contributed by atoms with Gasteiger partial charge >= 0.3 is 0 Å². The van der Waals surface area contributed by atoms with E-state index in [1.165, 1.54) is 0 Å². The number of pyridine rings is 1. The third-order valence-electron chi connectivity index (χ3n) is 3.93. The summed E-state index contributed by atoms with van der Waals surface area (Å²) in [4.78, 5) is 10.3. The van der Waals surface area contributed by atoms with Crippen LogP contribution in [0.1, 0.15) is 24.8 Å². The third kappa shape index (κ3) is 2.72. The molecule has 25 heavy (non-hydrogen) atoms. The summed E-state index contributed by atoms with van der Waals surface area (Å²) in [5.41, 5.74) is 2.78. The van der Waals surface area contributed by atoms with Gasteiger partial charge < -0.3 is 9.15 Å². The Morgan fingerprint density at radius 3 is 2.80 bits per heavy atom. The first-order valence-corrected chi connectivity index (χ1v) is 9.69. The highest BCUT2D eigenvalue weighted by Gasteiger charge is 2.19. The summed E-state index contributed by atoms with van der Waals surface area (Å²) >= 11 is 11.7. The fourth-order valence-electron chi connectivity index (χ4n) is 2.68. The minimum atomic E-state index is 0.381. The molecule has 128 valence electrons. The number of rotatable bonds is 3. The van der Waals surface area contributed by atoms with Crippen molar-refractivity contribution < 1.29 is 9.15 Å². The largest absolute Gasteiger partial charge is 0.496 e. The maximum Gasteiger partial charge on any atom is 0.172 e. The van der Waals surface area contributed by atoms with Crippen LogP contribution in [0.15, 0.2) is 33.3 Å². The number of hydrogen-bond acceptors (Lipinski definition) is 5. The standard InChI is InChI=1S/C18H14BrClN2O2S/c1-8(2)18-21-7-13(25-18)10-6-9(20)17-16(22-10)14-11(24-17)4-5-12(23-3)15(14)19/h4-8H,1-3H3. The molecule has 0 fully saturated rings. The molecule has 3 heterocycles. The van der Waals surface area contributed by atoms with Crippen molar-refractivity contribution in [1.82, 2.24) is 9.97 Å². The van der Waals surface area contributed by atoms with E-state index < -0.39 is 0 Å². The monoisotopic (exact) mass is 436 g/mol. The number of aromatic nitrogens is 2. The second-order valence-corrected chi connectivity index (χ2v) is 8.20. The summed E-state index contributed by atoms with van der Waals surface area (Å²) < 4.78 is 12.1. The van der Waals surface area contributed by atoms with Crippen LogP contribution in [-0.4, -0.2) is 17.1 Å². The molecule has 4 nitrogen and oxygen atoms in total. The van der Waals surface area contributed by atoms with Gasteiger partial charge in [-0.25, -0.2) is 9.97 Å². The lowest BCUT2D eigenvalue weighted by molar-refractivity contribution is 0.413. The predicted octanol–water partition coefficient (Wildman–Crippen LogP) is 6.65. The van der Waals surface area contributed by atoms with Crippen LogP contribution < -0.4 is 4.74 Å². The van der Waals surface area contributed by atoms with Gasteiger partial charge in [0.15, 0.2) is 5.58 Å². The lowest BCUT2D eigenvalue weighted by atomic mass is 10.2. The normalized spacial score (nSPS) is 11.8. The van der Waals surface area contributed by atoms with E-state index in [0.29, 0.717) is 27.6 Å².